The molecular weight excluding hydrogens is 379 g/mol. The van der Waals surface area contributed by atoms with Gasteiger partial charge in [-0.15, -0.1) is 0 Å². The molecule has 1 aromatic carbocycles. The van der Waals surface area contributed by atoms with E-state index in [0.29, 0.717) is 16.3 Å². The average Bonchev–Trinajstić information content (AvgIpc) is 2.57. The van der Waals surface area contributed by atoms with Crippen molar-refractivity contribution in [1.29, 1.82) is 0 Å². The van der Waals surface area contributed by atoms with E-state index in [1.165, 1.54) is 26.3 Å². The predicted molar refractivity (Wildman–Crippen MR) is 99.9 cm³/mol. The van der Waals surface area contributed by atoms with Crippen LogP contribution in [-0.2, 0) is 20.7 Å². The zero-order chi connectivity index (χ0) is 19.3. The van der Waals surface area contributed by atoms with Crippen LogP contribution in [0.25, 0.3) is 0 Å². The Bertz CT molecular complexity index is 827. The molecule has 2 aromatic rings. The number of methoxy groups -OCH3 is 1. The first-order chi connectivity index (χ1) is 12.3. The van der Waals surface area contributed by atoms with Crippen LogP contribution in [0.15, 0.2) is 30.5 Å². The summed E-state index contributed by atoms with van der Waals surface area (Å²) in [7, 11) is 1.53. The molecule has 0 aliphatic carbocycles. The first kappa shape index (κ1) is 20.0. The topological polar surface area (TPSA) is 77.5 Å². The van der Waals surface area contributed by atoms with Crippen LogP contribution < -0.4 is 10.1 Å². The minimum absolute atomic E-state index is 0.0115. The fourth-order valence-corrected chi connectivity index (χ4v) is 2.65. The van der Waals surface area contributed by atoms with E-state index in [9.17, 15) is 9.59 Å². The quantitative estimate of drug-likeness (QED) is 0.750. The van der Waals surface area contributed by atoms with Gasteiger partial charge in [-0.3, -0.25) is 9.59 Å². The summed E-state index contributed by atoms with van der Waals surface area (Å²) >= 11 is 11.7. The van der Waals surface area contributed by atoms with Crippen LogP contribution in [0.3, 0.4) is 0 Å². The summed E-state index contributed by atoms with van der Waals surface area (Å²) in [5.41, 5.74) is 1.68. The maximum Gasteiger partial charge on any atom is 0.311 e. The Morgan fingerprint density at radius 1 is 1.27 bits per heavy atom. The summed E-state index contributed by atoms with van der Waals surface area (Å²) in [6.07, 6.45) is 0.318. The zero-order valence-electron chi connectivity index (χ0n) is 14.5. The fraction of sp³-hybridized carbons (Fsp3) is 0.278. The maximum absolute atomic E-state index is 12.2. The van der Waals surface area contributed by atoms with Gasteiger partial charge in [0.25, 0.3) is 5.91 Å². The average molecular weight is 397 g/mol. The minimum Gasteiger partial charge on any atom is -0.496 e. The predicted octanol–water partition coefficient (Wildman–Crippen LogP) is 3.82. The molecule has 1 amide bonds. The molecule has 8 heteroatoms. The number of aromatic nitrogens is 1. The number of rotatable bonds is 6. The van der Waals surface area contributed by atoms with Gasteiger partial charge < -0.3 is 14.8 Å². The fourth-order valence-electron chi connectivity index (χ4n) is 2.22. The molecule has 0 fully saturated rings. The Morgan fingerprint density at radius 3 is 2.65 bits per heavy atom. The highest BCUT2D eigenvalue weighted by Gasteiger charge is 2.20. The molecule has 0 aliphatic heterocycles. The molecule has 1 heterocycles. The highest BCUT2D eigenvalue weighted by Crippen LogP contribution is 2.23. The van der Waals surface area contributed by atoms with E-state index in [1.807, 2.05) is 19.1 Å². The first-order valence-electron chi connectivity index (χ1n) is 7.75. The summed E-state index contributed by atoms with van der Waals surface area (Å²) < 4.78 is 10.4. The Labute approximate surface area is 161 Å². The number of carbonyl (C=O) groups is 2. The third-order valence-electron chi connectivity index (χ3n) is 3.50. The number of nitrogens with one attached hydrogen (secondary N) is 1. The van der Waals surface area contributed by atoms with Crippen molar-refractivity contribution in [3.63, 3.8) is 0 Å². The number of carbonyl (C=O) groups excluding carboxylic acids is 2. The van der Waals surface area contributed by atoms with Gasteiger partial charge in [-0.1, -0.05) is 40.9 Å². The second kappa shape index (κ2) is 8.87. The largest absolute Gasteiger partial charge is 0.496 e. The van der Waals surface area contributed by atoms with E-state index in [2.05, 4.69) is 10.3 Å². The summed E-state index contributed by atoms with van der Waals surface area (Å²) in [6, 6.07) is 6.95. The van der Waals surface area contributed by atoms with Crippen LogP contribution in [-0.4, -0.2) is 30.1 Å². The van der Waals surface area contributed by atoms with Gasteiger partial charge in [0, 0.05) is 11.8 Å². The second-order valence-corrected chi connectivity index (χ2v) is 6.44. The minimum atomic E-state index is -1.02. The van der Waals surface area contributed by atoms with Gasteiger partial charge in [0.15, 0.2) is 11.9 Å². The molecule has 0 bridgehead atoms. The number of hydrogen-bond donors (Lipinski definition) is 1. The number of anilines is 1. The Hall–Kier alpha value is -2.31. The van der Waals surface area contributed by atoms with Crippen molar-refractivity contribution in [2.45, 2.75) is 26.4 Å². The van der Waals surface area contributed by atoms with E-state index in [0.717, 1.165) is 5.56 Å². The molecule has 0 unspecified atom stereocenters. The summed E-state index contributed by atoms with van der Waals surface area (Å²) in [5.74, 6) is -0.371. The van der Waals surface area contributed by atoms with Crippen molar-refractivity contribution in [2.24, 2.45) is 0 Å². The number of esters is 1. The molecule has 0 radical (unpaired) electrons. The second-order valence-electron chi connectivity index (χ2n) is 5.60. The van der Waals surface area contributed by atoms with Gasteiger partial charge in [0.05, 0.1) is 23.6 Å². The molecule has 138 valence electrons. The Morgan fingerprint density at radius 2 is 2.00 bits per heavy atom. The molecular formula is C18H18Cl2N2O4. The number of benzene rings is 1. The van der Waals surface area contributed by atoms with Crippen LogP contribution in [0, 0.1) is 6.92 Å². The van der Waals surface area contributed by atoms with Crippen LogP contribution in [0.1, 0.15) is 18.1 Å². The number of amides is 1. The monoisotopic (exact) mass is 396 g/mol. The van der Waals surface area contributed by atoms with E-state index in [4.69, 9.17) is 32.7 Å². The van der Waals surface area contributed by atoms with Crippen molar-refractivity contribution in [3.8, 4) is 5.75 Å². The van der Waals surface area contributed by atoms with Crippen molar-refractivity contribution < 1.29 is 19.1 Å². The van der Waals surface area contributed by atoms with Crippen LogP contribution >= 0.6 is 23.2 Å². The lowest BCUT2D eigenvalue weighted by atomic mass is 10.1. The summed E-state index contributed by atoms with van der Waals surface area (Å²) in [4.78, 5) is 28.3. The van der Waals surface area contributed by atoms with Crippen molar-refractivity contribution >= 4 is 40.9 Å². The first-order valence-corrected chi connectivity index (χ1v) is 8.50. The SMILES string of the molecule is COc1ccc(C)cc1CC(=O)O[C@H](C)C(=O)Nc1ncc(Cl)cc1Cl. The van der Waals surface area contributed by atoms with Crippen LogP contribution in [0.4, 0.5) is 5.82 Å². The standard InChI is InChI=1S/C18H18Cl2N2O4/c1-10-4-5-15(25-3)12(6-10)7-16(23)26-11(2)18(24)22-17-14(20)8-13(19)9-21-17/h4-6,8-9,11H,7H2,1-3H3,(H,21,22,24)/t11-/m1/s1. The van der Waals surface area contributed by atoms with E-state index >= 15 is 0 Å². The summed E-state index contributed by atoms with van der Waals surface area (Å²) in [6.45, 7) is 3.37. The van der Waals surface area contributed by atoms with E-state index in [-0.39, 0.29) is 17.3 Å². The van der Waals surface area contributed by atoms with Crippen molar-refractivity contribution in [3.05, 3.63) is 51.6 Å². The van der Waals surface area contributed by atoms with Gasteiger partial charge in [-0.2, -0.15) is 0 Å². The molecule has 2 rings (SSSR count). The number of halogens is 2. The third-order valence-corrected chi connectivity index (χ3v) is 3.99. The van der Waals surface area contributed by atoms with Gasteiger partial charge in [-0.25, -0.2) is 4.98 Å². The van der Waals surface area contributed by atoms with Crippen LogP contribution in [0.2, 0.25) is 10.0 Å². The number of aryl methyl sites for hydroxylation is 1. The third kappa shape index (κ3) is 5.34. The summed E-state index contributed by atoms with van der Waals surface area (Å²) in [5, 5.41) is 3.03. The molecule has 1 atom stereocenters. The van der Waals surface area contributed by atoms with Crippen molar-refractivity contribution in [2.75, 3.05) is 12.4 Å². The van der Waals surface area contributed by atoms with E-state index in [1.54, 1.807) is 6.07 Å². The number of pyridine rings is 1. The molecule has 6 nitrogen and oxygen atoms in total. The highest BCUT2D eigenvalue weighted by molar-refractivity contribution is 6.36. The molecule has 1 aromatic heterocycles. The normalized spacial score (nSPS) is 11.6. The van der Waals surface area contributed by atoms with Gasteiger partial charge in [-0.05, 0) is 26.0 Å². The maximum atomic E-state index is 12.2. The van der Waals surface area contributed by atoms with Crippen molar-refractivity contribution in [1.82, 2.24) is 4.98 Å². The molecule has 0 saturated carbocycles. The zero-order valence-corrected chi connectivity index (χ0v) is 16.0. The lowest BCUT2D eigenvalue weighted by Gasteiger charge is -2.15. The number of hydrogen-bond acceptors (Lipinski definition) is 5. The molecule has 0 spiro atoms. The number of nitrogens with zero attached hydrogens (tertiary/aromatic N) is 1. The highest BCUT2D eigenvalue weighted by atomic mass is 35.5. The smallest absolute Gasteiger partial charge is 0.311 e. The van der Waals surface area contributed by atoms with Gasteiger partial charge >= 0.3 is 5.97 Å². The number of ether oxygens (including phenoxy) is 2. The molecule has 0 saturated heterocycles. The Balaban J connectivity index is 1.98. The van der Waals surface area contributed by atoms with E-state index < -0.39 is 18.0 Å². The van der Waals surface area contributed by atoms with Gasteiger partial charge in [0.2, 0.25) is 0 Å². The molecule has 0 aliphatic rings. The van der Waals surface area contributed by atoms with Gasteiger partial charge in [0.1, 0.15) is 5.75 Å². The van der Waals surface area contributed by atoms with Crippen LogP contribution in [0.5, 0.6) is 5.75 Å². The molecule has 1 N–H and O–H groups in total. The molecule has 26 heavy (non-hydrogen) atoms. The Kier molecular flexibility index (Phi) is 6.83. The lowest BCUT2D eigenvalue weighted by Crippen LogP contribution is -2.31. The lowest BCUT2D eigenvalue weighted by molar-refractivity contribution is -0.152.